The van der Waals surface area contributed by atoms with Crippen LogP contribution in [-0.2, 0) is 9.59 Å². The topological polar surface area (TPSA) is 66.6 Å². The third-order valence-electron chi connectivity index (χ3n) is 3.59. The quantitative estimate of drug-likeness (QED) is 0.726. The fourth-order valence-electron chi connectivity index (χ4n) is 2.16. The zero-order valence-electron chi connectivity index (χ0n) is 10.6. The fraction of sp³-hybridized carbons (Fsp3) is 0.833. The predicted molar refractivity (Wildman–Crippen MR) is 64.2 cm³/mol. The summed E-state index contributed by atoms with van der Waals surface area (Å²) in [5.41, 5.74) is 5.31. The SMILES string of the molecule is CC(C)C(=O)N1CCN(C(=O)C2(N)CC2)CC1. The maximum Gasteiger partial charge on any atom is 0.242 e. The molecule has 2 amide bonds. The maximum absolute atomic E-state index is 12.0. The lowest BCUT2D eigenvalue weighted by Crippen LogP contribution is -2.55. The normalized spacial score (nSPS) is 22.8. The fourth-order valence-corrected chi connectivity index (χ4v) is 2.16. The first kappa shape index (κ1) is 12.4. The van der Waals surface area contributed by atoms with E-state index >= 15 is 0 Å². The van der Waals surface area contributed by atoms with E-state index in [1.807, 2.05) is 18.7 Å². The summed E-state index contributed by atoms with van der Waals surface area (Å²) in [6, 6.07) is 0. The van der Waals surface area contributed by atoms with Crippen LogP contribution in [0.3, 0.4) is 0 Å². The molecule has 2 N–H and O–H groups in total. The Kier molecular flexibility index (Phi) is 3.12. The number of carbonyl (C=O) groups excluding carboxylic acids is 2. The number of carbonyl (C=O) groups is 2. The summed E-state index contributed by atoms with van der Waals surface area (Å²) >= 11 is 0. The molecule has 1 heterocycles. The molecule has 5 heteroatoms. The number of hydrogen-bond donors (Lipinski definition) is 1. The number of nitrogens with zero attached hydrogens (tertiary/aromatic N) is 2. The van der Waals surface area contributed by atoms with Gasteiger partial charge in [-0.3, -0.25) is 9.59 Å². The Labute approximate surface area is 102 Å². The zero-order chi connectivity index (χ0) is 12.6. The Bertz CT molecular complexity index is 329. The summed E-state index contributed by atoms with van der Waals surface area (Å²) in [7, 11) is 0. The van der Waals surface area contributed by atoms with Gasteiger partial charge in [-0.25, -0.2) is 0 Å². The van der Waals surface area contributed by atoms with Crippen molar-refractivity contribution in [1.29, 1.82) is 0 Å². The number of piperazine rings is 1. The molecule has 96 valence electrons. The third kappa shape index (κ3) is 2.44. The Morgan fingerprint density at radius 2 is 1.53 bits per heavy atom. The molecule has 1 saturated carbocycles. The molecule has 0 radical (unpaired) electrons. The Hall–Kier alpha value is -1.10. The predicted octanol–water partition coefficient (Wildman–Crippen LogP) is -0.195. The number of hydrogen-bond acceptors (Lipinski definition) is 3. The summed E-state index contributed by atoms with van der Waals surface area (Å²) in [4.78, 5) is 27.4. The van der Waals surface area contributed by atoms with Gasteiger partial charge in [0.1, 0.15) is 0 Å². The third-order valence-corrected chi connectivity index (χ3v) is 3.59. The smallest absolute Gasteiger partial charge is 0.242 e. The Morgan fingerprint density at radius 1 is 1.06 bits per heavy atom. The molecule has 0 unspecified atom stereocenters. The van der Waals surface area contributed by atoms with Crippen molar-refractivity contribution in [2.75, 3.05) is 26.2 Å². The van der Waals surface area contributed by atoms with Gasteiger partial charge in [-0.2, -0.15) is 0 Å². The van der Waals surface area contributed by atoms with Crippen LogP contribution >= 0.6 is 0 Å². The molecule has 0 aromatic carbocycles. The van der Waals surface area contributed by atoms with Gasteiger partial charge in [0.25, 0.3) is 0 Å². The van der Waals surface area contributed by atoms with Crippen LogP contribution < -0.4 is 5.73 Å². The number of nitrogens with two attached hydrogens (primary N) is 1. The van der Waals surface area contributed by atoms with Crippen molar-refractivity contribution in [2.45, 2.75) is 32.2 Å². The van der Waals surface area contributed by atoms with Crippen LogP contribution in [0.25, 0.3) is 0 Å². The van der Waals surface area contributed by atoms with Crippen LogP contribution in [0.4, 0.5) is 0 Å². The van der Waals surface area contributed by atoms with Gasteiger partial charge in [-0.15, -0.1) is 0 Å². The first-order chi connectivity index (χ1) is 7.94. The average molecular weight is 239 g/mol. The van der Waals surface area contributed by atoms with E-state index in [0.717, 1.165) is 12.8 Å². The van der Waals surface area contributed by atoms with Gasteiger partial charge in [0, 0.05) is 32.1 Å². The molecule has 5 nitrogen and oxygen atoms in total. The van der Waals surface area contributed by atoms with Gasteiger partial charge < -0.3 is 15.5 Å². The molecule has 17 heavy (non-hydrogen) atoms. The standard InChI is InChI=1S/C12H21N3O2/c1-9(2)10(16)14-5-7-15(8-6-14)11(17)12(13)3-4-12/h9H,3-8,13H2,1-2H3. The van der Waals surface area contributed by atoms with Crippen LogP contribution in [0.5, 0.6) is 0 Å². The molecule has 2 aliphatic rings. The lowest BCUT2D eigenvalue weighted by Gasteiger charge is -2.36. The van der Waals surface area contributed by atoms with E-state index in [9.17, 15) is 9.59 Å². The largest absolute Gasteiger partial charge is 0.339 e. The second-order valence-electron chi connectivity index (χ2n) is 5.43. The first-order valence-corrected chi connectivity index (χ1v) is 6.31. The highest BCUT2D eigenvalue weighted by atomic mass is 16.2. The molecule has 2 rings (SSSR count). The molecule has 0 atom stereocenters. The van der Waals surface area contributed by atoms with Crippen LogP contribution in [0.15, 0.2) is 0 Å². The van der Waals surface area contributed by atoms with Crippen LogP contribution in [0.2, 0.25) is 0 Å². The minimum atomic E-state index is -0.579. The number of rotatable bonds is 2. The zero-order valence-corrected chi connectivity index (χ0v) is 10.6. The lowest BCUT2D eigenvalue weighted by molar-refractivity contribution is -0.142. The van der Waals surface area contributed by atoms with E-state index in [1.165, 1.54) is 0 Å². The van der Waals surface area contributed by atoms with Crippen LogP contribution in [-0.4, -0.2) is 53.3 Å². The van der Waals surface area contributed by atoms with Gasteiger partial charge in [0.2, 0.25) is 11.8 Å². The molecule has 0 bridgehead atoms. The second-order valence-corrected chi connectivity index (χ2v) is 5.43. The molecule has 1 aliphatic heterocycles. The maximum atomic E-state index is 12.0. The minimum absolute atomic E-state index is 0.0292. The van der Waals surface area contributed by atoms with Gasteiger partial charge >= 0.3 is 0 Å². The molecular formula is C12H21N3O2. The van der Waals surface area contributed by atoms with Gasteiger partial charge in [0.15, 0.2) is 0 Å². The van der Waals surface area contributed by atoms with Crippen molar-refractivity contribution in [3.8, 4) is 0 Å². The van der Waals surface area contributed by atoms with E-state index in [4.69, 9.17) is 5.73 Å². The van der Waals surface area contributed by atoms with Gasteiger partial charge in [-0.1, -0.05) is 13.8 Å². The van der Waals surface area contributed by atoms with Crippen molar-refractivity contribution >= 4 is 11.8 Å². The minimum Gasteiger partial charge on any atom is -0.339 e. The highest BCUT2D eigenvalue weighted by Crippen LogP contribution is 2.34. The van der Waals surface area contributed by atoms with E-state index in [2.05, 4.69) is 0 Å². The Balaban J connectivity index is 1.86. The van der Waals surface area contributed by atoms with E-state index < -0.39 is 5.54 Å². The average Bonchev–Trinajstić information content (AvgIpc) is 3.07. The molecular weight excluding hydrogens is 218 g/mol. The summed E-state index contributed by atoms with van der Waals surface area (Å²) in [6.45, 7) is 6.32. The van der Waals surface area contributed by atoms with Crippen LogP contribution in [0.1, 0.15) is 26.7 Å². The van der Waals surface area contributed by atoms with Crippen molar-refractivity contribution in [1.82, 2.24) is 9.80 Å². The summed E-state index contributed by atoms with van der Waals surface area (Å²) in [5.74, 6) is 0.265. The van der Waals surface area contributed by atoms with Crippen LogP contribution in [0, 0.1) is 5.92 Å². The van der Waals surface area contributed by atoms with Crippen molar-refractivity contribution in [3.05, 3.63) is 0 Å². The molecule has 0 aromatic heterocycles. The lowest BCUT2D eigenvalue weighted by atomic mass is 10.1. The van der Waals surface area contributed by atoms with E-state index in [-0.39, 0.29) is 17.7 Å². The highest BCUT2D eigenvalue weighted by molar-refractivity contribution is 5.89. The van der Waals surface area contributed by atoms with Crippen molar-refractivity contribution < 1.29 is 9.59 Å². The molecule has 2 fully saturated rings. The summed E-state index contributed by atoms with van der Waals surface area (Å²) in [5, 5.41) is 0. The molecule has 0 aromatic rings. The molecule has 1 saturated heterocycles. The summed E-state index contributed by atoms with van der Waals surface area (Å²) < 4.78 is 0. The van der Waals surface area contributed by atoms with E-state index in [1.54, 1.807) is 4.90 Å². The van der Waals surface area contributed by atoms with E-state index in [0.29, 0.717) is 26.2 Å². The summed E-state index contributed by atoms with van der Waals surface area (Å²) in [6.07, 6.45) is 1.61. The molecule has 0 spiro atoms. The van der Waals surface area contributed by atoms with Gasteiger partial charge in [0.05, 0.1) is 5.54 Å². The van der Waals surface area contributed by atoms with Crippen molar-refractivity contribution in [2.24, 2.45) is 11.7 Å². The number of amides is 2. The second kappa shape index (κ2) is 4.29. The Morgan fingerprint density at radius 3 is 1.94 bits per heavy atom. The van der Waals surface area contributed by atoms with Gasteiger partial charge in [-0.05, 0) is 12.8 Å². The molecule has 1 aliphatic carbocycles. The first-order valence-electron chi connectivity index (χ1n) is 6.31. The monoisotopic (exact) mass is 239 g/mol. The van der Waals surface area contributed by atoms with Crippen molar-refractivity contribution in [3.63, 3.8) is 0 Å². The highest BCUT2D eigenvalue weighted by Gasteiger charge is 2.48.